The van der Waals surface area contributed by atoms with Crippen LogP contribution < -0.4 is 11.1 Å². The number of hydrogen-bond donors (Lipinski definition) is 2. The number of fused-ring (bicyclic) bond motifs is 1. The first-order valence-electron chi connectivity index (χ1n) is 15.9. The third-order valence-electron chi connectivity index (χ3n) is 8.30. The molecule has 11 heteroatoms. The van der Waals surface area contributed by atoms with Gasteiger partial charge in [-0.3, -0.25) is 14.2 Å². The fourth-order valence-electron chi connectivity index (χ4n) is 5.80. The van der Waals surface area contributed by atoms with Gasteiger partial charge < -0.3 is 20.7 Å². The van der Waals surface area contributed by atoms with Gasteiger partial charge in [0.15, 0.2) is 5.16 Å². The molecule has 0 saturated carbocycles. The Bertz CT molecular complexity index is 1970. The molecule has 0 aliphatic carbocycles. The van der Waals surface area contributed by atoms with Crippen LogP contribution in [0.5, 0.6) is 0 Å². The molecule has 48 heavy (non-hydrogen) atoms. The van der Waals surface area contributed by atoms with Crippen LogP contribution in [0.2, 0.25) is 25.7 Å². The number of aromatic nitrogens is 3. The van der Waals surface area contributed by atoms with Gasteiger partial charge in [-0.2, -0.15) is 0 Å². The Hall–Kier alpha value is -4.71. The molecule has 246 valence electrons. The molecule has 2 aromatic heterocycles. The maximum Gasteiger partial charge on any atom is 0.256 e. The Balaban J connectivity index is 1.27. The molecule has 2 amide bonds. The van der Waals surface area contributed by atoms with Crippen molar-refractivity contribution < 1.29 is 14.3 Å². The van der Waals surface area contributed by atoms with Crippen LogP contribution >= 0.6 is 11.8 Å². The van der Waals surface area contributed by atoms with Crippen LogP contribution in [0.25, 0.3) is 22.5 Å². The number of nitrogen functional groups attached to an aromatic ring is 1. The summed E-state index contributed by atoms with van der Waals surface area (Å²) in [5.41, 5.74) is 13.1. The van der Waals surface area contributed by atoms with Crippen LogP contribution in [0.4, 0.5) is 11.5 Å². The molecule has 0 saturated heterocycles. The number of imidazole rings is 1. The molecule has 0 fully saturated rings. The topological polar surface area (TPSA) is 115 Å². The van der Waals surface area contributed by atoms with Crippen LogP contribution in [0.1, 0.15) is 31.8 Å². The Kier molecular flexibility index (Phi) is 9.81. The van der Waals surface area contributed by atoms with Gasteiger partial charge in [-0.1, -0.05) is 79.9 Å². The zero-order chi connectivity index (χ0) is 33.8. The molecule has 0 unspecified atom stereocenters. The van der Waals surface area contributed by atoms with Gasteiger partial charge in [0.1, 0.15) is 12.5 Å². The molecule has 3 heterocycles. The summed E-state index contributed by atoms with van der Waals surface area (Å²) in [5, 5.41) is 3.90. The maximum atomic E-state index is 13.7. The summed E-state index contributed by atoms with van der Waals surface area (Å²) in [6, 6.07) is 27.6. The second kappa shape index (κ2) is 14.2. The summed E-state index contributed by atoms with van der Waals surface area (Å²) in [6.07, 6.45) is 3.69. The second-order valence-corrected chi connectivity index (χ2v) is 19.4. The lowest BCUT2D eigenvalue weighted by atomic mass is 10.0. The molecule has 3 N–H and O–H groups in total. The van der Waals surface area contributed by atoms with Crippen molar-refractivity contribution in [3.05, 3.63) is 113 Å². The lowest BCUT2D eigenvalue weighted by molar-refractivity contribution is 0.0764. The Labute approximate surface area is 286 Å². The minimum Gasteiger partial charge on any atom is -0.384 e. The van der Waals surface area contributed by atoms with Gasteiger partial charge in [-0.25, -0.2) is 9.97 Å². The molecule has 0 bridgehead atoms. The standard InChI is InChI=1S/C37H40N6O3SSi/c1-47-37-41-33(34(26-16-17-39-32(38)21-26)43(37)24-46-18-19-48(2,3)4)25-12-9-13-29(20-25)40-35(44)30-14-7-5-10-27(30)22-42-23-28-11-6-8-15-31(28)36(42)45/h5-17,20-21H,18-19,22-24H2,1-4H3,(H2,38,39)(H,40,44). The largest absolute Gasteiger partial charge is 0.384 e. The normalized spacial score (nSPS) is 12.8. The molecule has 0 atom stereocenters. The maximum absolute atomic E-state index is 13.7. The fourth-order valence-corrected chi connectivity index (χ4v) is 7.11. The molecule has 1 aliphatic heterocycles. The summed E-state index contributed by atoms with van der Waals surface area (Å²) in [4.78, 5) is 37.8. The van der Waals surface area contributed by atoms with E-state index in [1.54, 1.807) is 28.9 Å². The average Bonchev–Trinajstić information content (AvgIpc) is 3.60. The van der Waals surface area contributed by atoms with Gasteiger partial charge in [-0.15, -0.1) is 0 Å². The Morgan fingerprint density at radius 2 is 1.79 bits per heavy atom. The number of nitrogens with zero attached hydrogens (tertiary/aromatic N) is 4. The van der Waals surface area contributed by atoms with Crippen LogP contribution in [0, 0.1) is 0 Å². The molecule has 9 nitrogen and oxygen atoms in total. The van der Waals surface area contributed by atoms with Crippen molar-refractivity contribution in [2.24, 2.45) is 0 Å². The molecular formula is C37H40N6O3SSi. The van der Waals surface area contributed by atoms with E-state index in [0.717, 1.165) is 50.4 Å². The number of pyridine rings is 1. The first kappa shape index (κ1) is 33.2. The predicted octanol–water partition coefficient (Wildman–Crippen LogP) is 7.64. The van der Waals surface area contributed by atoms with Crippen LogP contribution in [0.3, 0.4) is 0 Å². The van der Waals surface area contributed by atoms with Crippen LogP contribution in [-0.2, 0) is 24.6 Å². The minimum absolute atomic E-state index is 0.0224. The van der Waals surface area contributed by atoms with E-state index in [2.05, 4.69) is 34.5 Å². The monoisotopic (exact) mass is 676 g/mol. The highest BCUT2D eigenvalue weighted by molar-refractivity contribution is 7.98. The fraction of sp³-hybridized carbons (Fsp3) is 0.243. The van der Waals surface area contributed by atoms with E-state index in [4.69, 9.17) is 15.5 Å². The van der Waals surface area contributed by atoms with Gasteiger partial charge in [-0.05, 0) is 59.8 Å². The number of carbonyl (C=O) groups excluding carboxylic acids is 2. The highest BCUT2D eigenvalue weighted by Gasteiger charge is 2.28. The lowest BCUT2D eigenvalue weighted by Gasteiger charge is -2.18. The highest BCUT2D eigenvalue weighted by Crippen LogP contribution is 2.37. The first-order valence-corrected chi connectivity index (χ1v) is 20.9. The summed E-state index contributed by atoms with van der Waals surface area (Å²) in [5.74, 6) is 0.140. The van der Waals surface area contributed by atoms with E-state index >= 15 is 0 Å². The van der Waals surface area contributed by atoms with E-state index in [9.17, 15) is 9.59 Å². The van der Waals surface area contributed by atoms with Crippen LogP contribution in [-0.4, -0.2) is 52.2 Å². The Morgan fingerprint density at radius 3 is 2.56 bits per heavy atom. The van der Waals surface area contributed by atoms with Crippen molar-refractivity contribution in [3.8, 4) is 22.5 Å². The number of benzene rings is 3. The predicted molar refractivity (Wildman–Crippen MR) is 196 cm³/mol. The number of ether oxygens (including phenoxy) is 1. The zero-order valence-electron chi connectivity index (χ0n) is 27.7. The molecule has 0 radical (unpaired) electrons. The summed E-state index contributed by atoms with van der Waals surface area (Å²) >= 11 is 1.55. The van der Waals surface area contributed by atoms with Gasteiger partial charge in [0.25, 0.3) is 11.8 Å². The average molecular weight is 677 g/mol. The van der Waals surface area contributed by atoms with E-state index in [0.29, 0.717) is 43.5 Å². The first-order chi connectivity index (χ1) is 23.1. The quantitative estimate of drug-likeness (QED) is 0.0793. The number of thioether (sulfide) groups is 1. The molecule has 6 rings (SSSR count). The summed E-state index contributed by atoms with van der Waals surface area (Å²) < 4.78 is 8.29. The molecular weight excluding hydrogens is 637 g/mol. The van der Waals surface area contributed by atoms with Crippen molar-refractivity contribution in [2.75, 3.05) is 23.9 Å². The van der Waals surface area contributed by atoms with E-state index in [-0.39, 0.29) is 11.8 Å². The van der Waals surface area contributed by atoms with Crippen molar-refractivity contribution in [2.45, 2.75) is 50.7 Å². The summed E-state index contributed by atoms with van der Waals surface area (Å²) in [6.45, 7) is 8.89. The van der Waals surface area contributed by atoms with E-state index in [1.807, 2.05) is 85.1 Å². The van der Waals surface area contributed by atoms with Gasteiger partial charge in [0, 0.05) is 61.9 Å². The van der Waals surface area contributed by atoms with Gasteiger partial charge >= 0.3 is 0 Å². The van der Waals surface area contributed by atoms with E-state index < -0.39 is 8.07 Å². The van der Waals surface area contributed by atoms with Crippen LogP contribution in [0.15, 0.2) is 96.3 Å². The third-order valence-corrected chi connectivity index (χ3v) is 10.7. The molecule has 5 aromatic rings. The number of carbonyl (C=O) groups is 2. The Morgan fingerprint density at radius 1 is 1.00 bits per heavy atom. The van der Waals surface area contributed by atoms with E-state index in [1.165, 1.54) is 0 Å². The lowest BCUT2D eigenvalue weighted by Crippen LogP contribution is -2.25. The molecule has 1 aliphatic rings. The van der Waals surface area contributed by atoms with Crippen molar-refractivity contribution in [3.63, 3.8) is 0 Å². The number of anilines is 2. The van der Waals surface area contributed by atoms with Crippen molar-refractivity contribution in [1.29, 1.82) is 0 Å². The number of nitrogens with one attached hydrogen (secondary N) is 1. The zero-order valence-corrected chi connectivity index (χ0v) is 29.5. The number of amides is 2. The third kappa shape index (κ3) is 7.38. The van der Waals surface area contributed by atoms with Crippen molar-refractivity contribution >= 4 is 43.2 Å². The van der Waals surface area contributed by atoms with Gasteiger partial charge in [0.2, 0.25) is 0 Å². The second-order valence-electron chi connectivity index (χ2n) is 13.1. The molecule has 3 aromatic carbocycles. The number of hydrogen-bond acceptors (Lipinski definition) is 7. The summed E-state index contributed by atoms with van der Waals surface area (Å²) in [7, 11) is -1.26. The highest BCUT2D eigenvalue weighted by atomic mass is 32.2. The molecule has 0 spiro atoms. The number of nitrogens with two attached hydrogens (primary N) is 1. The smallest absolute Gasteiger partial charge is 0.256 e. The number of rotatable bonds is 12. The van der Waals surface area contributed by atoms with Crippen molar-refractivity contribution in [1.82, 2.24) is 19.4 Å². The minimum atomic E-state index is -1.26. The SMILES string of the molecule is CSc1nc(-c2cccc(NC(=O)c3ccccc3CN3Cc4ccccc4C3=O)c2)c(-c2ccnc(N)c2)n1COCC[Si](C)(C)C. The van der Waals surface area contributed by atoms with Gasteiger partial charge in [0.05, 0.1) is 11.4 Å².